The Morgan fingerprint density at radius 3 is 2.84 bits per heavy atom. The zero-order chi connectivity index (χ0) is 13.5. The van der Waals surface area contributed by atoms with Gasteiger partial charge in [0.2, 0.25) is 0 Å². The second kappa shape index (κ2) is 6.89. The largest absolute Gasteiger partial charge is 0.484 e. The van der Waals surface area contributed by atoms with E-state index in [9.17, 15) is 4.79 Å². The van der Waals surface area contributed by atoms with Gasteiger partial charge in [-0.25, -0.2) is 4.98 Å². The first-order chi connectivity index (χ1) is 9.24. The van der Waals surface area contributed by atoms with Crippen LogP contribution in [0.1, 0.15) is 10.7 Å². The summed E-state index contributed by atoms with van der Waals surface area (Å²) in [6, 6.07) is 9.30. The lowest BCUT2D eigenvalue weighted by atomic mass is 10.3. The Morgan fingerprint density at radius 2 is 2.16 bits per heavy atom. The maximum atomic E-state index is 11.6. The number of thiazole rings is 1. The van der Waals surface area contributed by atoms with Gasteiger partial charge < -0.3 is 10.1 Å². The van der Waals surface area contributed by atoms with E-state index < -0.39 is 0 Å². The second-order valence-corrected chi connectivity index (χ2v) is 5.03. The number of benzene rings is 1. The topological polar surface area (TPSA) is 51.2 Å². The second-order valence-electron chi connectivity index (χ2n) is 4.08. The molecule has 1 aromatic heterocycles. The van der Waals surface area contributed by atoms with Crippen molar-refractivity contribution in [2.24, 2.45) is 0 Å². The number of amides is 1. The summed E-state index contributed by atoms with van der Waals surface area (Å²) in [5.41, 5.74) is 1.03. The SMILES string of the molecule is Cc1csc(CCNC(=O)COc2ccccc2)n1. The van der Waals surface area contributed by atoms with Crippen LogP contribution in [-0.4, -0.2) is 24.0 Å². The molecule has 2 aromatic rings. The molecule has 5 heteroatoms. The first-order valence-corrected chi connectivity index (χ1v) is 6.97. The van der Waals surface area contributed by atoms with Crippen LogP contribution in [0.4, 0.5) is 0 Å². The molecule has 0 saturated carbocycles. The van der Waals surface area contributed by atoms with Gasteiger partial charge in [0.05, 0.1) is 5.01 Å². The standard InChI is InChI=1S/C14H16N2O2S/c1-11-10-19-14(16-11)7-8-15-13(17)9-18-12-5-3-2-4-6-12/h2-6,10H,7-9H2,1H3,(H,15,17). The Kier molecular flexibility index (Phi) is 4.92. The molecular weight excluding hydrogens is 260 g/mol. The van der Waals surface area contributed by atoms with E-state index in [4.69, 9.17) is 4.74 Å². The quantitative estimate of drug-likeness (QED) is 0.880. The molecule has 0 unspecified atom stereocenters. The Bertz CT molecular complexity index is 525. The van der Waals surface area contributed by atoms with Crippen LogP contribution in [-0.2, 0) is 11.2 Å². The highest BCUT2D eigenvalue weighted by Gasteiger charge is 2.03. The average Bonchev–Trinajstić information content (AvgIpc) is 2.83. The van der Waals surface area contributed by atoms with Gasteiger partial charge in [-0.15, -0.1) is 11.3 Å². The third kappa shape index (κ3) is 4.71. The van der Waals surface area contributed by atoms with Crippen molar-refractivity contribution < 1.29 is 9.53 Å². The molecule has 0 spiro atoms. The van der Waals surface area contributed by atoms with Crippen molar-refractivity contribution >= 4 is 17.2 Å². The van der Waals surface area contributed by atoms with Crippen LogP contribution in [0.3, 0.4) is 0 Å². The Morgan fingerprint density at radius 1 is 1.37 bits per heavy atom. The number of carbonyl (C=O) groups is 1. The average molecular weight is 276 g/mol. The van der Waals surface area contributed by atoms with Crippen LogP contribution in [0.15, 0.2) is 35.7 Å². The van der Waals surface area contributed by atoms with E-state index in [0.29, 0.717) is 12.3 Å². The minimum Gasteiger partial charge on any atom is -0.484 e. The third-order valence-corrected chi connectivity index (χ3v) is 3.47. The van der Waals surface area contributed by atoms with E-state index in [0.717, 1.165) is 17.1 Å². The van der Waals surface area contributed by atoms with Crippen molar-refractivity contribution in [3.05, 3.63) is 46.4 Å². The Balaban J connectivity index is 1.65. The molecule has 0 bridgehead atoms. The van der Waals surface area contributed by atoms with Gasteiger partial charge in [-0.2, -0.15) is 0 Å². The van der Waals surface area contributed by atoms with Crippen molar-refractivity contribution in [1.82, 2.24) is 10.3 Å². The predicted octanol–water partition coefficient (Wildman–Crippen LogP) is 2.19. The zero-order valence-corrected chi connectivity index (χ0v) is 11.6. The maximum Gasteiger partial charge on any atom is 0.257 e. The van der Waals surface area contributed by atoms with Crippen LogP contribution in [0.2, 0.25) is 0 Å². The number of aromatic nitrogens is 1. The molecule has 0 atom stereocenters. The van der Waals surface area contributed by atoms with Crippen LogP contribution in [0.5, 0.6) is 5.75 Å². The number of aryl methyl sites for hydroxylation is 1. The number of para-hydroxylation sites is 1. The lowest BCUT2D eigenvalue weighted by Crippen LogP contribution is -2.30. The molecule has 4 nitrogen and oxygen atoms in total. The minimum atomic E-state index is -0.114. The van der Waals surface area contributed by atoms with Gasteiger partial charge in [0.15, 0.2) is 6.61 Å². The molecule has 0 fully saturated rings. The van der Waals surface area contributed by atoms with E-state index in [2.05, 4.69) is 10.3 Å². The van der Waals surface area contributed by atoms with Crippen LogP contribution < -0.4 is 10.1 Å². The van der Waals surface area contributed by atoms with Crippen molar-refractivity contribution in [1.29, 1.82) is 0 Å². The summed E-state index contributed by atoms with van der Waals surface area (Å²) in [5, 5.41) is 5.87. The van der Waals surface area contributed by atoms with Crippen molar-refractivity contribution in [3.63, 3.8) is 0 Å². The number of nitrogens with zero attached hydrogens (tertiary/aromatic N) is 1. The monoisotopic (exact) mass is 276 g/mol. The number of ether oxygens (including phenoxy) is 1. The Hall–Kier alpha value is -1.88. The molecule has 0 aliphatic carbocycles. The highest BCUT2D eigenvalue weighted by atomic mass is 32.1. The molecule has 0 aliphatic heterocycles. The summed E-state index contributed by atoms with van der Waals surface area (Å²) in [6.07, 6.45) is 0.760. The van der Waals surface area contributed by atoms with E-state index in [1.807, 2.05) is 42.6 Å². The number of nitrogens with one attached hydrogen (secondary N) is 1. The molecule has 100 valence electrons. The summed E-state index contributed by atoms with van der Waals surface area (Å²) >= 11 is 1.62. The molecular formula is C14H16N2O2S. The summed E-state index contributed by atoms with van der Waals surface area (Å²) in [6.45, 7) is 2.59. The van der Waals surface area contributed by atoms with E-state index in [-0.39, 0.29) is 12.5 Å². The van der Waals surface area contributed by atoms with Crippen LogP contribution in [0, 0.1) is 6.92 Å². The molecule has 1 amide bonds. The fraction of sp³-hybridized carbons (Fsp3) is 0.286. The van der Waals surface area contributed by atoms with Gasteiger partial charge in [0.1, 0.15) is 5.75 Å². The number of carbonyl (C=O) groups excluding carboxylic acids is 1. The van der Waals surface area contributed by atoms with E-state index in [1.165, 1.54) is 0 Å². The maximum absolute atomic E-state index is 11.6. The normalized spacial score (nSPS) is 10.2. The predicted molar refractivity (Wildman–Crippen MR) is 75.5 cm³/mol. The van der Waals surface area contributed by atoms with Gasteiger partial charge in [0.25, 0.3) is 5.91 Å². The Labute approximate surface area is 116 Å². The van der Waals surface area contributed by atoms with Crippen molar-refractivity contribution in [2.75, 3.05) is 13.2 Å². The van der Waals surface area contributed by atoms with Crippen LogP contribution >= 0.6 is 11.3 Å². The molecule has 1 N–H and O–H groups in total. The molecule has 0 saturated heterocycles. The smallest absolute Gasteiger partial charge is 0.257 e. The molecule has 19 heavy (non-hydrogen) atoms. The van der Waals surface area contributed by atoms with Gasteiger partial charge in [-0.05, 0) is 19.1 Å². The summed E-state index contributed by atoms with van der Waals surface area (Å²) in [4.78, 5) is 15.9. The van der Waals surface area contributed by atoms with Gasteiger partial charge in [-0.3, -0.25) is 4.79 Å². The fourth-order valence-corrected chi connectivity index (χ4v) is 2.32. The van der Waals surface area contributed by atoms with Crippen LogP contribution in [0.25, 0.3) is 0 Å². The van der Waals surface area contributed by atoms with E-state index in [1.54, 1.807) is 11.3 Å². The summed E-state index contributed by atoms with van der Waals surface area (Å²) in [7, 11) is 0. The lowest BCUT2D eigenvalue weighted by Gasteiger charge is -2.06. The first-order valence-electron chi connectivity index (χ1n) is 6.09. The highest BCUT2D eigenvalue weighted by molar-refractivity contribution is 7.09. The summed E-state index contributed by atoms with van der Waals surface area (Å²) < 4.78 is 5.35. The lowest BCUT2D eigenvalue weighted by molar-refractivity contribution is -0.123. The molecule has 1 heterocycles. The first kappa shape index (κ1) is 13.5. The molecule has 0 radical (unpaired) electrons. The molecule has 1 aromatic carbocycles. The molecule has 2 rings (SSSR count). The van der Waals surface area contributed by atoms with Crippen molar-refractivity contribution in [3.8, 4) is 5.75 Å². The zero-order valence-electron chi connectivity index (χ0n) is 10.8. The minimum absolute atomic E-state index is 0.0426. The van der Waals surface area contributed by atoms with E-state index >= 15 is 0 Å². The third-order valence-electron chi connectivity index (χ3n) is 2.44. The highest BCUT2D eigenvalue weighted by Crippen LogP contribution is 2.09. The number of rotatable bonds is 6. The van der Waals surface area contributed by atoms with Crippen molar-refractivity contribution in [2.45, 2.75) is 13.3 Å². The molecule has 0 aliphatic rings. The number of hydrogen-bond donors (Lipinski definition) is 1. The summed E-state index contributed by atoms with van der Waals surface area (Å²) in [5.74, 6) is 0.588. The van der Waals surface area contributed by atoms with Gasteiger partial charge >= 0.3 is 0 Å². The van der Waals surface area contributed by atoms with Gasteiger partial charge in [-0.1, -0.05) is 18.2 Å². The van der Waals surface area contributed by atoms with Gasteiger partial charge in [0, 0.05) is 24.0 Å². The number of hydrogen-bond acceptors (Lipinski definition) is 4. The fourth-order valence-electron chi connectivity index (χ4n) is 1.54.